The molecule has 0 aromatic carbocycles. The first-order chi connectivity index (χ1) is 8.09. The van der Waals surface area contributed by atoms with Crippen LogP contribution in [0.2, 0.25) is 0 Å². The van der Waals surface area contributed by atoms with Gasteiger partial charge in [0.1, 0.15) is 6.26 Å². The Morgan fingerprint density at radius 3 is 2.71 bits per heavy atom. The van der Waals surface area contributed by atoms with E-state index in [0.29, 0.717) is 11.6 Å². The third-order valence-electron chi connectivity index (χ3n) is 3.14. The average Bonchev–Trinajstić information content (AvgIpc) is 2.98. The molecule has 94 valence electrons. The van der Waals surface area contributed by atoms with Crippen LogP contribution in [0, 0.1) is 5.92 Å². The second-order valence-corrected chi connectivity index (χ2v) is 4.84. The lowest BCUT2D eigenvalue weighted by Gasteiger charge is -2.13. The maximum Gasteiger partial charge on any atom is 0.275 e. The molecule has 1 saturated heterocycles. The molecule has 1 unspecified atom stereocenters. The zero-order valence-electron chi connectivity index (χ0n) is 10.3. The molecule has 2 rings (SSSR count). The summed E-state index contributed by atoms with van der Waals surface area (Å²) in [5, 5.41) is 0. The number of likely N-dealkylation sites (tertiary alicyclic amines) is 1. The molecule has 5 nitrogen and oxygen atoms in total. The van der Waals surface area contributed by atoms with Crippen LogP contribution in [0.5, 0.6) is 0 Å². The van der Waals surface area contributed by atoms with E-state index in [2.05, 4.69) is 4.98 Å². The molecule has 0 bridgehead atoms. The number of carbonyl (C=O) groups excluding carboxylic acids is 1. The highest BCUT2D eigenvalue weighted by atomic mass is 16.3. The summed E-state index contributed by atoms with van der Waals surface area (Å²) in [5.41, 5.74) is 6.30. The number of oxazole rings is 1. The third-order valence-corrected chi connectivity index (χ3v) is 3.14. The van der Waals surface area contributed by atoms with E-state index in [1.807, 2.05) is 18.7 Å². The van der Waals surface area contributed by atoms with Gasteiger partial charge >= 0.3 is 0 Å². The van der Waals surface area contributed by atoms with Gasteiger partial charge in [0.25, 0.3) is 5.91 Å². The molecule has 1 aliphatic rings. The fourth-order valence-electron chi connectivity index (χ4n) is 1.91. The molecule has 5 heteroatoms. The lowest BCUT2D eigenvalue weighted by atomic mass is 10.1. The summed E-state index contributed by atoms with van der Waals surface area (Å²) in [6.45, 7) is 5.63. The molecular weight excluding hydrogens is 218 g/mol. The van der Waals surface area contributed by atoms with Crippen LogP contribution in [0.3, 0.4) is 0 Å². The Balaban J connectivity index is 2.09. The first kappa shape index (κ1) is 12.1. The van der Waals surface area contributed by atoms with Gasteiger partial charge in [-0.15, -0.1) is 0 Å². The summed E-state index contributed by atoms with van der Waals surface area (Å²) in [6, 6.07) is -0.255. The molecule has 0 spiro atoms. The molecule has 0 radical (unpaired) electrons. The Bertz CT molecular complexity index is 394. The Labute approximate surface area is 101 Å². The van der Waals surface area contributed by atoms with Crippen molar-refractivity contribution in [3.63, 3.8) is 0 Å². The minimum Gasteiger partial charge on any atom is -0.446 e. The second kappa shape index (κ2) is 4.87. The number of hydrogen-bond donors (Lipinski definition) is 1. The van der Waals surface area contributed by atoms with Crippen LogP contribution in [0.25, 0.3) is 0 Å². The van der Waals surface area contributed by atoms with E-state index in [4.69, 9.17) is 10.2 Å². The minimum absolute atomic E-state index is 0.0477. The van der Waals surface area contributed by atoms with Gasteiger partial charge in [0, 0.05) is 13.1 Å². The van der Waals surface area contributed by atoms with Crippen molar-refractivity contribution in [3.05, 3.63) is 17.8 Å². The molecule has 0 aliphatic carbocycles. The van der Waals surface area contributed by atoms with E-state index in [1.165, 1.54) is 6.26 Å². The van der Waals surface area contributed by atoms with Gasteiger partial charge in [-0.1, -0.05) is 13.8 Å². The van der Waals surface area contributed by atoms with Crippen molar-refractivity contribution in [1.82, 2.24) is 9.88 Å². The fourth-order valence-corrected chi connectivity index (χ4v) is 1.91. The quantitative estimate of drug-likeness (QED) is 0.866. The van der Waals surface area contributed by atoms with Crippen molar-refractivity contribution in [2.24, 2.45) is 11.7 Å². The highest BCUT2D eigenvalue weighted by Crippen LogP contribution is 2.19. The molecule has 2 heterocycles. The van der Waals surface area contributed by atoms with Gasteiger partial charge in [0.15, 0.2) is 5.69 Å². The first-order valence-electron chi connectivity index (χ1n) is 6.10. The molecule has 1 amide bonds. The number of hydrogen-bond acceptors (Lipinski definition) is 4. The lowest BCUT2D eigenvalue weighted by molar-refractivity contribution is 0.0787. The van der Waals surface area contributed by atoms with Crippen molar-refractivity contribution in [2.75, 3.05) is 13.1 Å². The molecule has 1 fully saturated rings. The summed E-state index contributed by atoms with van der Waals surface area (Å²) < 4.78 is 5.28. The maximum absolute atomic E-state index is 12.0. The molecule has 2 N–H and O–H groups in total. The maximum atomic E-state index is 12.0. The van der Waals surface area contributed by atoms with E-state index in [0.717, 1.165) is 25.9 Å². The Morgan fingerprint density at radius 1 is 1.47 bits per heavy atom. The molecule has 1 aromatic heterocycles. The topological polar surface area (TPSA) is 72.4 Å². The molecule has 1 aromatic rings. The van der Waals surface area contributed by atoms with E-state index < -0.39 is 0 Å². The SMILES string of the molecule is CC(C)C(N)c1nc(C(=O)N2CCCC2)co1. The molecule has 1 atom stereocenters. The number of amides is 1. The second-order valence-electron chi connectivity index (χ2n) is 4.84. The van der Waals surface area contributed by atoms with Crippen LogP contribution in [0.1, 0.15) is 49.1 Å². The number of aromatic nitrogens is 1. The summed E-state index contributed by atoms with van der Waals surface area (Å²) in [6.07, 6.45) is 3.56. The van der Waals surface area contributed by atoms with Crippen LogP contribution in [0.15, 0.2) is 10.7 Å². The lowest BCUT2D eigenvalue weighted by Crippen LogP contribution is -2.28. The highest BCUT2D eigenvalue weighted by molar-refractivity contribution is 5.92. The monoisotopic (exact) mass is 237 g/mol. The zero-order chi connectivity index (χ0) is 12.4. The number of nitrogens with zero attached hydrogens (tertiary/aromatic N) is 2. The van der Waals surface area contributed by atoms with E-state index >= 15 is 0 Å². The van der Waals surface area contributed by atoms with E-state index in [-0.39, 0.29) is 17.9 Å². The van der Waals surface area contributed by atoms with E-state index in [1.54, 1.807) is 0 Å². The smallest absolute Gasteiger partial charge is 0.275 e. The van der Waals surface area contributed by atoms with Crippen LogP contribution in [0.4, 0.5) is 0 Å². The van der Waals surface area contributed by atoms with E-state index in [9.17, 15) is 4.79 Å². The van der Waals surface area contributed by atoms with Gasteiger partial charge in [-0.3, -0.25) is 4.79 Å². The van der Waals surface area contributed by atoms with Crippen molar-refractivity contribution in [3.8, 4) is 0 Å². The van der Waals surface area contributed by atoms with Gasteiger partial charge in [-0.2, -0.15) is 0 Å². The van der Waals surface area contributed by atoms with Gasteiger partial charge in [0.05, 0.1) is 6.04 Å². The van der Waals surface area contributed by atoms with Crippen LogP contribution >= 0.6 is 0 Å². The van der Waals surface area contributed by atoms with Crippen molar-refractivity contribution >= 4 is 5.91 Å². The normalized spacial score (nSPS) is 17.8. The Kier molecular flexibility index (Phi) is 3.47. The summed E-state index contributed by atoms with van der Waals surface area (Å²) in [7, 11) is 0. The standard InChI is InChI=1S/C12H19N3O2/c1-8(2)10(13)11-14-9(7-17-11)12(16)15-5-3-4-6-15/h7-8,10H,3-6,13H2,1-2H3. The first-order valence-corrected chi connectivity index (χ1v) is 6.10. The molecule has 0 saturated carbocycles. The molecular formula is C12H19N3O2. The largest absolute Gasteiger partial charge is 0.446 e. The number of nitrogens with two attached hydrogens (primary N) is 1. The molecule has 1 aliphatic heterocycles. The average molecular weight is 237 g/mol. The minimum atomic E-state index is -0.255. The van der Waals surface area contributed by atoms with Crippen molar-refractivity contribution in [2.45, 2.75) is 32.7 Å². The summed E-state index contributed by atoms with van der Waals surface area (Å²) >= 11 is 0. The van der Waals surface area contributed by atoms with Gasteiger partial charge in [0.2, 0.25) is 5.89 Å². The van der Waals surface area contributed by atoms with Crippen LogP contribution < -0.4 is 5.73 Å². The van der Waals surface area contributed by atoms with Crippen LogP contribution in [-0.4, -0.2) is 28.9 Å². The predicted molar refractivity (Wildman–Crippen MR) is 63.4 cm³/mol. The van der Waals surface area contributed by atoms with Gasteiger partial charge < -0.3 is 15.1 Å². The predicted octanol–water partition coefficient (Wildman–Crippen LogP) is 1.57. The zero-order valence-corrected chi connectivity index (χ0v) is 10.3. The number of carbonyl (C=O) groups is 1. The van der Waals surface area contributed by atoms with Crippen molar-refractivity contribution < 1.29 is 9.21 Å². The third kappa shape index (κ3) is 2.49. The van der Waals surface area contributed by atoms with Gasteiger partial charge in [-0.25, -0.2) is 4.98 Å². The Hall–Kier alpha value is -1.36. The number of rotatable bonds is 3. The summed E-state index contributed by atoms with van der Waals surface area (Å²) in [4.78, 5) is 18.0. The van der Waals surface area contributed by atoms with Gasteiger partial charge in [-0.05, 0) is 18.8 Å². The van der Waals surface area contributed by atoms with Crippen molar-refractivity contribution in [1.29, 1.82) is 0 Å². The summed E-state index contributed by atoms with van der Waals surface area (Å²) in [5.74, 6) is 0.638. The van der Waals surface area contributed by atoms with Crippen LogP contribution in [-0.2, 0) is 0 Å². The fraction of sp³-hybridized carbons (Fsp3) is 0.667. The molecule has 17 heavy (non-hydrogen) atoms. The highest BCUT2D eigenvalue weighted by Gasteiger charge is 2.24. The Morgan fingerprint density at radius 2 is 2.12 bits per heavy atom.